The molecule has 2 aliphatic carbocycles. The van der Waals surface area contributed by atoms with Gasteiger partial charge in [-0.2, -0.15) is 4.31 Å². The van der Waals surface area contributed by atoms with Crippen LogP contribution in [0.1, 0.15) is 62.1 Å². The molecule has 0 aromatic heterocycles. The lowest BCUT2D eigenvalue weighted by Crippen LogP contribution is -2.54. The molecule has 4 unspecified atom stereocenters. The van der Waals surface area contributed by atoms with Crippen LogP contribution in [-0.4, -0.2) is 72.4 Å². The summed E-state index contributed by atoms with van der Waals surface area (Å²) in [5.74, 6) is 0.719. The standard InChI is InChI=1S/C31H40N4O3S/c1-2-38-29(32)35-28-13-12-25-18-26(19-31(25,28)35)33-16-14-30(15-17-33)22-34(20-24-10-6-7-11-27(24)30)39(36,37)21-23-8-4-3-5-9-23/h3-11,25-26,28,32H,2,12-22H2,1H3. The molecule has 2 aromatic rings. The second-order valence-corrected chi connectivity index (χ2v) is 14.4. The summed E-state index contributed by atoms with van der Waals surface area (Å²) in [5.41, 5.74) is 3.39. The number of amidine groups is 1. The number of nitrogens with zero attached hydrogens (tertiary/aromatic N) is 3. The Morgan fingerprint density at radius 1 is 1.05 bits per heavy atom. The third-order valence-corrected chi connectivity index (χ3v) is 12.4. The number of benzene rings is 2. The second-order valence-electron chi connectivity index (χ2n) is 12.5. The predicted octanol–water partition coefficient (Wildman–Crippen LogP) is 4.33. The number of piperidine rings is 2. The zero-order valence-corrected chi connectivity index (χ0v) is 23.7. The van der Waals surface area contributed by atoms with Gasteiger partial charge in [-0.1, -0.05) is 54.6 Å². The van der Waals surface area contributed by atoms with Crippen LogP contribution in [0.3, 0.4) is 0 Å². The molecule has 3 aliphatic heterocycles. The van der Waals surface area contributed by atoms with E-state index in [1.54, 1.807) is 4.31 Å². The maximum atomic E-state index is 13.6. The summed E-state index contributed by atoms with van der Waals surface area (Å²) in [4.78, 5) is 4.97. The number of fused-ring (bicyclic) bond motifs is 2. The van der Waals surface area contributed by atoms with E-state index in [2.05, 4.69) is 28.0 Å². The van der Waals surface area contributed by atoms with Crippen LogP contribution in [0.4, 0.5) is 0 Å². The largest absolute Gasteiger partial charge is 0.466 e. The SMILES string of the molecule is CCOC(=N)N1C2CCC3CC(N4CCC5(CC4)CN(S(=O)(=O)Cc4ccccc4)Cc4ccccc45)CC321. The van der Waals surface area contributed by atoms with Gasteiger partial charge in [0, 0.05) is 24.5 Å². The van der Waals surface area contributed by atoms with E-state index in [1.165, 1.54) is 24.8 Å². The molecule has 3 heterocycles. The second kappa shape index (κ2) is 9.32. The van der Waals surface area contributed by atoms with Gasteiger partial charge >= 0.3 is 0 Å². The molecule has 7 nitrogen and oxygen atoms in total. The number of sulfonamides is 1. The molecule has 8 heteroatoms. The summed E-state index contributed by atoms with van der Waals surface area (Å²) in [6.07, 6.45) is 6.79. The summed E-state index contributed by atoms with van der Waals surface area (Å²) >= 11 is 0. The minimum absolute atomic E-state index is 0.0537. The highest BCUT2D eigenvalue weighted by Crippen LogP contribution is 2.65. The van der Waals surface area contributed by atoms with Gasteiger partial charge in [0.05, 0.1) is 23.9 Å². The fourth-order valence-electron chi connectivity index (χ4n) is 8.86. The van der Waals surface area contributed by atoms with E-state index >= 15 is 0 Å². The number of hydrogen-bond acceptors (Lipinski definition) is 5. The molecule has 4 atom stereocenters. The van der Waals surface area contributed by atoms with Gasteiger partial charge in [-0.05, 0) is 81.1 Å². The van der Waals surface area contributed by atoms with Gasteiger partial charge in [-0.15, -0.1) is 0 Å². The first kappa shape index (κ1) is 25.5. The van der Waals surface area contributed by atoms with Crippen LogP contribution in [0.2, 0.25) is 0 Å². The van der Waals surface area contributed by atoms with E-state index in [9.17, 15) is 8.42 Å². The summed E-state index contributed by atoms with van der Waals surface area (Å²) < 4.78 is 34.6. The molecule has 4 fully saturated rings. The lowest BCUT2D eigenvalue weighted by Gasteiger charge is -2.49. The Morgan fingerprint density at radius 2 is 1.79 bits per heavy atom. The first-order chi connectivity index (χ1) is 18.9. The average molecular weight is 549 g/mol. The van der Waals surface area contributed by atoms with Crippen LogP contribution < -0.4 is 0 Å². The summed E-state index contributed by atoms with van der Waals surface area (Å²) in [5, 5.41) is 8.44. The molecule has 2 aromatic carbocycles. The van der Waals surface area contributed by atoms with Crippen LogP contribution in [0, 0.1) is 11.3 Å². The van der Waals surface area contributed by atoms with Crippen molar-refractivity contribution in [2.45, 2.75) is 80.8 Å². The zero-order chi connectivity index (χ0) is 26.8. The monoisotopic (exact) mass is 548 g/mol. The van der Waals surface area contributed by atoms with Gasteiger partial charge in [0.15, 0.2) is 0 Å². The minimum atomic E-state index is -3.43. The van der Waals surface area contributed by atoms with Gasteiger partial charge < -0.3 is 14.5 Å². The van der Waals surface area contributed by atoms with Crippen molar-refractivity contribution >= 4 is 16.0 Å². The lowest BCUT2D eigenvalue weighted by atomic mass is 9.69. The first-order valence-electron chi connectivity index (χ1n) is 14.7. The Balaban J connectivity index is 1.08. The Bertz CT molecular complexity index is 1360. The molecule has 0 radical (unpaired) electrons. The molecule has 208 valence electrons. The van der Waals surface area contributed by atoms with E-state index in [-0.39, 0.29) is 16.7 Å². The summed E-state index contributed by atoms with van der Waals surface area (Å²) in [7, 11) is -3.43. The van der Waals surface area contributed by atoms with Crippen LogP contribution in [-0.2, 0) is 32.5 Å². The Hall–Kier alpha value is -2.42. The molecule has 1 N–H and O–H groups in total. The fraction of sp³-hybridized carbons (Fsp3) is 0.581. The van der Waals surface area contributed by atoms with Crippen LogP contribution >= 0.6 is 0 Å². The van der Waals surface area contributed by atoms with Crippen molar-refractivity contribution in [1.82, 2.24) is 14.1 Å². The highest BCUT2D eigenvalue weighted by molar-refractivity contribution is 7.88. The fourth-order valence-corrected chi connectivity index (χ4v) is 10.4. The molecule has 2 spiro atoms. The van der Waals surface area contributed by atoms with Crippen molar-refractivity contribution in [2.75, 3.05) is 26.2 Å². The Kier molecular flexibility index (Phi) is 6.10. The smallest absolute Gasteiger partial charge is 0.285 e. The van der Waals surface area contributed by atoms with Gasteiger partial charge in [0.1, 0.15) is 0 Å². The van der Waals surface area contributed by atoms with Crippen molar-refractivity contribution in [2.24, 2.45) is 5.92 Å². The number of hydrogen-bond donors (Lipinski definition) is 1. The number of rotatable bonds is 5. The third-order valence-electron chi connectivity index (χ3n) is 10.7. The maximum absolute atomic E-state index is 13.6. The molecule has 2 saturated carbocycles. The van der Waals surface area contributed by atoms with Crippen molar-refractivity contribution in [3.63, 3.8) is 0 Å². The van der Waals surface area contributed by atoms with Gasteiger partial charge in [0.25, 0.3) is 6.02 Å². The van der Waals surface area contributed by atoms with E-state index in [0.717, 1.165) is 43.5 Å². The molecule has 39 heavy (non-hydrogen) atoms. The normalized spacial score (nSPS) is 31.5. The van der Waals surface area contributed by atoms with E-state index in [4.69, 9.17) is 10.1 Å². The third kappa shape index (κ3) is 4.05. The van der Waals surface area contributed by atoms with Gasteiger partial charge in [-0.25, -0.2) is 8.42 Å². The summed E-state index contributed by atoms with van der Waals surface area (Å²) in [6, 6.07) is 19.5. The molecule has 0 amide bonds. The minimum Gasteiger partial charge on any atom is -0.466 e. The van der Waals surface area contributed by atoms with Crippen molar-refractivity contribution < 1.29 is 13.2 Å². The van der Waals surface area contributed by atoms with Gasteiger partial charge in [0.2, 0.25) is 10.0 Å². The lowest BCUT2D eigenvalue weighted by molar-refractivity contribution is 0.0940. The van der Waals surface area contributed by atoms with Crippen LogP contribution in [0.25, 0.3) is 0 Å². The Morgan fingerprint density at radius 3 is 2.56 bits per heavy atom. The summed E-state index contributed by atoms with van der Waals surface area (Å²) in [6.45, 7) is 5.56. The number of likely N-dealkylation sites (tertiary alicyclic amines) is 2. The number of ether oxygens (including phenoxy) is 1. The Labute approximate surface area is 232 Å². The van der Waals surface area contributed by atoms with Crippen molar-refractivity contribution in [3.8, 4) is 0 Å². The van der Waals surface area contributed by atoms with E-state index in [0.29, 0.717) is 43.7 Å². The van der Waals surface area contributed by atoms with E-state index < -0.39 is 10.0 Å². The zero-order valence-electron chi connectivity index (χ0n) is 22.9. The average Bonchev–Trinajstić information content (AvgIpc) is 3.19. The molecule has 0 bridgehead atoms. The molecular formula is C31H40N4O3S. The molecule has 5 aliphatic rings. The maximum Gasteiger partial charge on any atom is 0.285 e. The topological polar surface area (TPSA) is 76.7 Å². The predicted molar refractivity (Wildman–Crippen MR) is 152 cm³/mol. The molecular weight excluding hydrogens is 508 g/mol. The molecule has 7 rings (SSSR count). The van der Waals surface area contributed by atoms with Crippen LogP contribution in [0.5, 0.6) is 0 Å². The quantitative estimate of drug-likeness (QED) is 0.342. The highest BCUT2D eigenvalue weighted by Gasteiger charge is 2.74. The highest BCUT2D eigenvalue weighted by atomic mass is 32.2. The van der Waals surface area contributed by atoms with Gasteiger partial charge in [-0.3, -0.25) is 5.41 Å². The van der Waals surface area contributed by atoms with Crippen molar-refractivity contribution in [1.29, 1.82) is 5.41 Å². The number of nitrogens with one attached hydrogen (secondary N) is 1. The first-order valence-corrected chi connectivity index (χ1v) is 16.3. The van der Waals surface area contributed by atoms with Crippen LogP contribution in [0.15, 0.2) is 54.6 Å². The van der Waals surface area contributed by atoms with E-state index in [1.807, 2.05) is 43.3 Å². The van der Waals surface area contributed by atoms with Crippen molar-refractivity contribution in [3.05, 3.63) is 71.3 Å². The molecule has 2 saturated heterocycles.